The first kappa shape index (κ1) is 20.5. The van der Waals surface area contributed by atoms with Gasteiger partial charge in [0.15, 0.2) is 0 Å². The van der Waals surface area contributed by atoms with Gasteiger partial charge in [0.05, 0.1) is 23.4 Å². The van der Waals surface area contributed by atoms with Gasteiger partial charge in [-0.1, -0.05) is 30.3 Å². The second-order valence-electron chi connectivity index (χ2n) is 6.13. The maximum Gasteiger partial charge on any atom is 0.252 e. The molecule has 0 radical (unpaired) electrons. The molecule has 6 nitrogen and oxygen atoms in total. The molecule has 9 heteroatoms. The molecule has 2 aromatic rings. The Kier molecular flexibility index (Phi) is 7.04. The molecule has 0 saturated carbocycles. The molecule has 1 aliphatic heterocycles. The standard InChI is InChI=1S/C18H21BrN2O4S2/c19-16-6-7-18(26-16)27(23,24)21-11-9-20(10-12-21)17(22)8-13-25-14-15-4-2-1-3-5-15/h1-7H,8-14H2. The van der Waals surface area contributed by atoms with Crippen molar-refractivity contribution in [1.82, 2.24) is 9.21 Å². The van der Waals surface area contributed by atoms with Gasteiger partial charge in [0.2, 0.25) is 5.91 Å². The van der Waals surface area contributed by atoms with Crippen LogP contribution in [0.2, 0.25) is 0 Å². The fourth-order valence-corrected chi connectivity index (χ4v) is 6.41. The van der Waals surface area contributed by atoms with Crippen LogP contribution in [0.15, 0.2) is 50.5 Å². The van der Waals surface area contributed by atoms with E-state index < -0.39 is 10.0 Å². The molecular formula is C18H21BrN2O4S2. The van der Waals surface area contributed by atoms with Gasteiger partial charge in [0.1, 0.15) is 4.21 Å². The average molecular weight is 473 g/mol. The number of halogens is 1. The number of thiophene rings is 1. The first-order chi connectivity index (χ1) is 13.0. The summed E-state index contributed by atoms with van der Waals surface area (Å²) in [5.74, 6) is -0.000947. The third-order valence-corrected chi connectivity index (χ3v) is 8.30. The van der Waals surface area contributed by atoms with E-state index in [-0.39, 0.29) is 5.91 Å². The fourth-order valence-electron chi connectivity index (χ4n) is 2.82. The molecule has 3 rings (SSSR count). The molecule has 1 aromatic heterocycles. The van der Waals surface area contributed by atoms with Gasteiger partial charge in [-0.05, 0) is 33.6 Å². The smallest absolute Gasteiger partial charge is 0.252 e. The summed E-state index contributed by atoms with van der Waals surface area (Å²) in [6.07, 6.45) is 0.303. The van der Waals surface area contributed by atoms with Gasteiger partial charge in [-0.2, -0.15) is 4.31 Å². The molecule has 1 saturated heterocycles. The monoisotopic (exact) mass is 472 g/mol. The summed E-state index contributed by atoms with van der Waals surface area (Å²) in [5.41, 5.74) is 1.07. The van der Waals surface area contributed by atoms with Gasteiger partial charge in [0, 0.05) is 26.2 Å². The van der Waals surface area contributed by atoms with E-state index in [1.54, 1.807) is 17.0 Å². The molecule has 0 N–H and O–H groups in total. The van der Waals surface area contributed by atoms with Crippen molar-refractivity contribution >= 4 is 43.2 Å². The van der Waals surface area contributed by atoms with Crippen LogP contribution in [0.25, 0.3) is 0 Å². The summed E-state index contributed by atoms with van der Waals surface area (Å²) in [7, 11) is -3.48. The van der Waals surface area contributed by atoms with Crippen LogP contribution in [0.4, 0.5) is 0 Å². The number of benzene rings is 1. The number of amides is 1. The van der Waals surface area contributed by atoms with E-state index in [0.29, 0.717) is 50.0 Å². The number of piperazine rings is 1. The number of carbonyl (C=O) groups is 1. The van der Waals surface area contributed by atoms with Gasteiger partial charge >= 0.3 is 0 Å². The van der Waals surface area contributed by atoms with Gasteiger partial charge in [-0.25, -0.2) is 8.42 Å². The number of ether oxygens (including phenoxy) is 1. The van der Waals surface area contributed by atoms with E-state index in [4.69, 9.17) is 4.74 Å². The number of nitrogens with zero attached hydrogens (tertiary/aromatic N) is 2. The third-order valence-electron chi connectivity index (χ3n) is 4.31. The Balaban J connectivity index is 1.42. The van der Waals surface area contributed by atoms with Crippen molar-refractivity contribution in [2.75, 3.05) is 32.8 Å². The summed E-state index contributed by atoms with van der Waals surface area (Å²) in [4.78, 5) is 14.0. The minimum atomic E-state index is -3.48. The second-order valence-corrected chi connectivity index (χ2v) is 10.8. The summed E-state index contributed by atoms with van der Waals surface area (Å²) in [6.45, 7) is 2.28. The molecule has 1 aliphatic rings. The van der Waals surface area contributed by atoms with Crippen LogP contribution in [0.3, 0.4) is 0 Å². The van der Waals surface area contributed by atoms with Crippen molar-refractivity contribution in [1.29, 1.82) is 0 Å². The molecule has 1 fully saturated rings. The number of hydrogen-bond donors (Lipinski definition) is 0. The van der Waals surface area contributed by atoms with Crippen molar-refractivity contribution in [2.45, 2.75) is 17.2 Å². The minimum Gasteiger partial charge on any atom is -0.376 e. The second kappa shape index (κ2) is 9.29. The van der Waals surface area contributed by atoms with Crippen molar-refractivity contribution in [3.63, 3.8) is 0 Å². The summed E-state index contributed by atoms with van der Waals surface area (Å²) in [6, 6.07) is 13.1. The Morgan fingerprint density at radius 3 is 2.41 bits per heavy atom. The van der Waals surface area contributed by atoms with Crippen LogP contribution in [-0.2, 0) is 26.2 Å². The molecule has 0 unspecified atom stereocenters. The molecule has 27 heavy (non-hydrogen) atoms. The minimum absolute atomic E-state index is 0.000947. The lowest BCUT2D eigenvalue weighted by atomic mass is 10.2. The zero-order valence-corrected chi connectivity index (χ0v) is 17.9. The molecule has 0 atom stereocenters. The molecule has 0 spiro atoms. The van der Waals surface area contributed by atoms with E-state index >= 15 is 0 Å². The third kappa shape index (κ3) is 5.39. The first-order valence-corrected chi connectivity index (χ1v) is 11.7. The zero-order valence-electron chi connectivity index (χ0n) is 14.7. The van der Waals surface area contributed by atoms with E-state index in [9.17, 15) is 13.2 Å². The topological polar surface area (TPSA) is 66.9 Å². The molecule has 1 amide bonds. The molecule has 1 aromatic carbocycles. The van der Waals surface area contributed by atoms with Gasteiger partial charge in [-0.15, -0.1) is 11.3 Å². The average Bonchev–Trinajstić information content (AvgIpc) is 3.13. The number of carbonyl (C=O) groups excluding carboxylic acids is 1. The maximum absolute atomic E-state index is 12.6. The Labute approximate surface area is 171 Å². The Morgan fingerprint density at radius 1 is 1.07 bits per heavy atom. The molecule has 0 bridgehead atoms. The van der Waals surface area contributed by atoms with Crippen LogP contribution in [0.1, 0.15) is 12.0 Å². The summed E-state index contributed by atoms with van der Waals surface area (Å²) >= 11 is 4.49. The Hall–Kier alpha value is -1.26. The lowest BCUT2D eigenvalue weighted by Crippen LogP contribution is -2.50. The highest BCUT2D eigenvalue weighted by Gasteiger charge is 2.30. The number of rotatable bonds is 7. The molecular weight excluding hydrogens is 452 g/mol. The van der Waals surface area contributed by atoms with Gasteiger partial charge in [0.25, 0.3) is 10.0 Å². The van der Waals surface area contributed by atoms with Crippen LogP contribution in [-0.4, -0.2) is 56.3 Å². The highest BCUT2D eigenvalue weighted by Crippen LogP contribution is 2.28. The predicted molar refractivity (Wildman–Crippen MR) is 108 cm³/mol. The largest absolute Gasteiger partial charge is 0.376 e. The number of sulfonamides is 1. The van der Waals surface area contributed by atoms with E-state index in [1.807, 2.05) is 30.3 Å². The van der Waals surface area contributed by atoms with Crippen molar-refractivity contribution in [3.05, 3.63) is 51.8 Å². The first-order valence-electron chi connectivity index (χ1n) is 8.62. The van der Waals surface area contributed by atoms with E-state index in [0.717, 1.165) is 9.35 Å². The van der Waals surface area contributed by atoms with Gasteiger partial charge in [-0.3, -0.25) is 4.79 Å². The van der Waals surface area contributed by atoms with Crippen LogP contribution < -0.4 is 0 Å². The van der Waals surface area contributed by atoms with E-state index in [1.165, 1.54) is 15.6 Å². The summed E-state index contributed by atoms with van der Waals surface area (Å²) < 4.78 is 33.3. The Morgan fingerprint density at radius 2 is 1.78 bits per heavy atom. The molecule has 2 heterocycles. The Bertz CT molecular complexity index is 862. The van der Waals surface area contributed by atoms with Crippen molar-refractivity contribution < 1.29 is 17.9 Å². The van der Waals surface area contributed by atoms with Crippen LogP contribution in [0.5, 0.6) is 0 Å². The number of hydrogen-bond acceptors (Lipinski definition) is 5. The van der Waals surface area contributed by atoms with Crippen LogP contribution >= 0.6 is 27.3 Å². The highest BCUT2D eigenvalue weighted by atomic mass is 79.9. The van der Waals surface area contributed by atoms with E-state index in [2.05, 4.69) is 15.9 Å². The molecule has 146 valence electrons. The maximum atomic E-state index is 12.6. The normalized spacial score (nSPS) is 15.8. The van der Waals surface area contributed by atoms with Crippen molar-refractivity contribution in [3.8, 4) is 0 Å². The lowest BCUT2D eigenvalue weighted by molar-refractivity contribution is -0.133. The fraction of sp³-hybridized carbons (Fsp3) is 0.389. The predicted octanol–water partition coefficient (Wildman–Crippen LogP) is 2.95. The quantitative estimate of drug-likeness (QED) is 0.580. The zero-order chi connectivity index (χ0) is 19.3. The lowest BCUT2D eigenvalue weighted by Gasteiger charge is -2.33. The molecule has 0 aliphatic carbocycles. The highest BCUT2D eigenvalue weighted by molar-refractivity contribution is 9.11. The summed E-state index contributed by atoms with van der Waals surface area (Å²) in [5, 5.41) is 0. The van der Waals surface area contributed by atoms with Crippen LogP contribution in [0, 0.1) is 0 Å². The van der Waals surface area contributed by atoms with Gasteiger partial charge < -0.3 is 9.64 Å². The SMILES string of the molecule is O=C(CCOCc1ccccc1)N1CCN(S(=O)(=O)c2ccc(Br)s2)CC1. The van der Waals surface area contributed by atoms with Crippen molar-refractivity contribution in [2.24, 2.45) is 0 Å².